The van der Waals surface area contributed by atoms with Crippen LogP contribution in [-0.4, -0.2) is 18.3 Å². The van der Waals surface area contributed by atoms with Gasteiger partial charge in [-0.2, -0.15) is 0 Å². The Bertz CT molecular complexity index is 592. The zero-order chi connectivity index (χ0) is 13.4. The van der Waals surface area contributed by atoms with Crippen molar-refractivity contribution in [3.63, 3.8) is 0 Å². The maximum atomic E-state index is 10.2. The minimum Gasteiger partial charge on any atom is -0.496 e. The highest BCUT2D eigenvalue weighted by Crippen LogP contribution is 2.39. The van der Waals surface area contributed by atoms with Gasteiger partial charge in [0.15, 0.2) is 0 Å². The fourth-order valence-corrected chi connectivity index (χ4v) is 2.68. The Kier molecular flexibility index (Phi) is 3.17. The lowest BCUT2D eigenvalue weighted by Gasteiger charge is -2.21. The molecule has 0 aliphatic heterocycles. The third kappa shape index (κ3) is 2.20. The lowest BCUT2D eigenvalue weighted by molar-refractivity contribution is 0.123. The summed E-state index contributed by atoms with van der Waals surface area (Å²) < 4.78 is 5.38. The van der Waals surface area contributed by atoms with Gasteiger partial charge in [-0.05, 0) is 35.8 Å². The molecule has 19 heavy (non-hydrogen) atoms. The van der Waals surface area contributed by atoms with Crippen LogP contribution in [0.3, 0.4) is 0 Å². The average molecular weight is 257 g/mol. The molecule has 0 spiro atoms. The number of aliphatic hydroxyl groups is 1. The Morgan fingerprint density at radius 2 is 1.84 bits per heavy atom. The zero-order valence-electron chi connectivity index (χ0n) is 11.0. The maximum Gasteiger partial charge on any atom is 0.126 e. The number of methoxy groups -OCH3 is 1. The van der Waals surface area contributed by atoms with Crippen molar-refractivity contribution in [3.05, 3.63) is 42.0 Å². The fraction of sp³-hybridized carbons (Fsp3) is 0.375. The van der Waals surface area contributed by atoms with Crippen molar-refractivity contribution in [3.8, 4) is 5.75 Å². The highest BCUT2D eigenvalue weighted by molar-refractivity contribution is 5.91. The first-order chi connectivity index (χ1) is 9.22. The van der Waals surface area contributed by atoms with Gasteiger partial charge in [-0.25, -0.2) is 0 Å². The van der Waals surface area contributed by atoms with Crippen molar-refractivity contribution >= 4 is 10.8 Å². The van der Waals surface area contributed by atoms with E-state index in [9.17, 15) is 5.11 Å². The number of rotatable bonds is 4. The Labute approximate surface area is 113 Å². The van der Waals surface area contributed by atoms with Gasteiger partial charge in [0.25, 0.3) is 0 Å². The number of hydrogen-bond donors (Lipinski definition) is 2. The molecule has 1 saturated carbocycles. The molecule has 1 fully saturated rings. The second-order valence-corrected chi connectivity index (χ2v) is 5.26. The summed E-state index contributed by atoms with van der Waals surface area (Å²) in [5, 5.41) is 12.3. The summed E-state index contributed by atoms with van der Waals surface area (Å²) in [4.78, 5) is 0. The summed E-state index contributed by atoms with van der Waals surface area (Å²) in [5.41, 5.74) is 7.24. The van der Waals surface area contributed by atoms with Gasteiger partial charge in [0, 0.05) is 5.39 Å². The molecular formula is C16H19NO2. The SMILES string of the molecule is COc1ccc([C@H](N)[C@H](O)C2CC2)c2ccccc12. The standard InChI is InChI=1S/C16H19NO2/c1-19-14-9-8-13(11-4-2-3-5-12(11)14)15(17)16(18)10-6-7-10/h2-5,8-10,15-16,18H,6-7,17H2,1H3/t15-,16+/m0/s1. The van der Waals surface area contributed by atoms with E-state index in [1.807, 2.05) is 36.4 Å². The lowest BCUT2D eigenvalue weighted by Crippen LogP contribution is -2.28. The van der Waals surface area contributed by atoms with Crippen LogP contribution < -0.4 is 10.5 Å². The highest BCUT2D eigenvalue weighted by Gasteiger charge is 2.34. The molecule has 100 valence electrons. The molecule has 2 aromatic rings. The van der Waals surface area contributed by atoms with Gasteiger partial charge in [-0.3, -0.25) is 0 Å². The monoisotopic (exact) mass is 257 g/mol. The number of ether oxygens (including phenoxy) is 1. The smallest absolute Gasteiger partial charge is 0.126 e. The average Bonchev–Trinajstić information content (AvgIpc) is 3.29. The van der Waals surface area contributed by atoms with Crippen molar-refractivity contribution in [2.24, 2.45) is 11.7 Å². The quantitative estimate of drug-likeness (QED) is 0.885. The molecule has 0 unspecified atom stereocenters. The van der Waals surface area contributed by atoms with Crippen molar-refractivity contribution in [1.29, 1.82) is 0 Å². The first-order valence-electron chi connectivity index (χ1n) is 6.71. The number of benzene rings is 2. The molecule has 2 aromatic carbocycles. The van der Waals surface area contributed by atoms with Crippen LogP contribution >= 0.6 is 0 Å². The fourth-order valence-electron chi connectivity index (χ4n) is 2.68. The van der Waals surface area contributed by atoms with Gasteiger partial charge < -0.3 is 15.6 Å². The van der Waals surface area contributed by atoms with Crippen molar-refractivity contribution in [2.75, 3.05) is 7.11 Å². The molecule has 1 aliphatic rings. The summed E-state index contributed by atoms with van der Waals surface area (Å²) in [6.07, 6.45) is 1.73. The largest absolute Gasteiger partial charge is 0.496 e. The highest BCUT2D eigenvalue weighted by atomic mass is 16.5. The number of aliphatic hydroxyl groups excluding tert-OH is 1. The van der Waals surface area contributed by atoms with Crippen LogP contribution in [-0.2, 0) is 0 Å². The Morgan fingerprint density at radius 3 is 2.47 bits per heavy atom. The molecule has 0 radical (unpaired) electrons. The van der Waals surface area contributed by atoms with E-state index in [2.05, 4.69) is 0 Å². The number of fused-ring (bicyclic) bond motifs is 1. The van der Waals surface area contributed by atoms with Gasteiger partial charge in [0.05, 0.1) is 19.3 Å². The molecule has 3 N–H and O–H groups in total. The van der Waals surface area contributed by atoms with E-state index in [4.69, 9.17) is 10.5 Å². The molecule has 0 aromatic heterocycles. The van der Waals surface area contributed by atoms with Crippen LogP contribution in [0.25, 0.3) is 10.8 Å². The van der Waals surface area contributed by atoms with E-state index >= 15 is 0 Å². The normalized spacial score (nSPS) is 18.3. The van der Waals surface area contributed by atoms with Crippen molar-refractivity contribution in [1.82, 2.24) is 0 Å². The predicted octanol–water partition coefficient (Wildman–Crippen LogP) is 2.62. The summed E-state index contributed by atoms with van der Waals surface area (Å²) in [6.45, 7) is 0. The van der Waals surface area contributed by atoms with E-state index in [0.29, 0.717) is 5.92 Å². The van der Waals surface area contributed by atoms with E-state index in [-0.39, 0.29) is 6.04 Å². The van der Waals surface area contributed by atoms with Gasteiger partial charge >= 0.3 is 0 Å². The predicted molar refractivity (Wildman–Crippen MR) is 76.2 cm³/mol. The van der Waals surface area contributed by atoms with E-state index in [1.165, 1.54) is 0 Å². The topological polar surface area (TPSA) is 55.5 Å². The lowest BCUT2D eigenvalue weighted by atomic mass is 9.93. The van der Waals surface area contributed by atoms with Gasteiger partial charge in [0.2, 0.25) is 0 Å². The minimum absolute atomic E-state index is 0.330. The molecular weight excluding hydrogens is 238 g/mol. The number of hydrogen-bond acceptors (Lipinski definition) is 3. The second kappa shape index (κ2) is 4.83. The third-order valence-electron chi connectivity index (χ3n) is 3.97. The van der Waals surface area contributed by atoms with Crippen LogP contribution in [0, 0.1) is 5.92 Å². The first-order valence-corrected chi connectivity index (χ1v) is 6.71. The second-order valence-electron chi connectivity index (χ2n) is 5.26. The van der Waals surface area contributed by atoms with Crippen LogP contribution in [0.1, 0.15) is 24.4 Å². The van der Waals surface area contributed by atoms with E-state index in [0.717, 1.165) is 34.9 Å². The summed E-state index contributed by atoms with van der Waals surface area (Å²) in [6, 6.07) is 11.6. The molecule has 1 aliphatic carbocycles. The minimum atomic E-state index is -0.447. The summed E-state index contributed by atoms with van der Waals surface area (Å²) in [7, 11) is 1.67. The molecule has 3 nitrogen and oxygen atoms in total. The Balaban J connectivity index is 2.08. The summed E-state index contributed by atoms with van der Waals surface area (Å²) >= 11 is 0. The van der Waals surface area contributed by atoms with Gasteiger partial charge in [-0.15, -0.1) is 0 Å². The van der Waals surface area contributed by atoms with Crippen LogP contribution in [0.5, 0.6) is 5.75 Å². The van der Waals surface area contributed by atoms with Gasteiger partial charge in [0.1, 0.15) is 5.75 Å². The first kappa shape index (κ1) is 12.5. The van der Waals surface area contributed by atoms with Crippen LogP contribution in [0.4, 0.5) is 0 Å². The summed E-state index contributed by atoms with van der Waals surface area (Å²) in [5.74, 6) is 1.21. The van der Waals surface area contributed by atoms with Crippen LogP contribution in [0.15, 0.2) is 36.4 Å². The third-order valence-corrected chi connectivity index (χ3v) is 3.97. The van der Waals surface area contributed by atoms with Crippen molar-refractivity contribution in [2.45, 2.75) is 25.0 Å². The molecule has 3 rings (SSSR count). The zero-order valence-corrected chi connectivity index (χ0v) is 11.0. The Hall–Kier alpha value is -1.58. The molecule has 2 atom stereocenters. The molecule has 0 amide bonds. The van der Waals surface area contributed by atoms with E-state index < -0.39 is 6.10 Å². The molecule has 0 saturated heterocycles. The number of nitrogens with two attached hydrogens (primary N) is 1. The van der Waals surface area contributed by atoms with Gasteiger partial charge in [-0.1, -0.05) is 30.3 Å². The van der Waals surface area contributed by atoms with Crippen molar-refractivity contribution < 1.29 is 9.84 Å². The maximum absolute atomic E-state index is 10.2. The molecule has 3 heteroatoms. The van der Waals surface area contributed by atoms with E-state index in [1.54, 1.807) is 7.11 Å². The molecule has 0 heterocycles. The molecule has 0 bridgehead atoms. The Morgan fingerprint density at radius 1 is 1.16 bits per heavy atom. The van der Waals surface area contributed by atoms with Crippen LogP contribution in [0.2, 0.25) is 0 Å².